The van der Waals surface area contributed by atoms with Gasteiger partial charge in [-0.15, -0.1) is 0 Å². The highest BCUT2D eigenvalue weighted by molar-refractivity contribution is 5.92. The van der Waals surface area contributed by atoms with Gasteiger partial charge in [0.1, 0.15) is 5.69 Å². The molecule has 0 fully saturated rings. The number of pyridine rings is 1. The molecule has 2 unspecified atom stereocenters. The SMILES string of the molecule is CC(N)C(C)C(=O)Nc1cc(C(F)(F)F)c[nH]c1=O. The molecule has 5 nitrogen and oxygen atoms in total. The lowest BCUT2D eigenvalue weighted by atomic mass is 10.0. The molecule has 106 valence electrons. The van der Waals surface area contributed by atoms with Crippen LogP contribution in [0.2, 0.25) is 0 Å². The van der Waals surface area contributed by atoms with Gasteiger partial charge >= 0.3 is 6.18 Å². The Morgan fingerprint density at radius 3 is 2.47 bits per heavy atom. The lowest BCUT2D eigenvalue weighted by Crippen LogP contribution is -2.35. The van der Waals surface area contributed by atoms with Gasteiger partial charge in [0.05, 0.1) is 11.5 Å². The number of nitrogens with one attached hydrogen (secondary N) is 2. The number of rotatable bonds is 3. The summed E-state index contributed by atoms with van der Waals surface area (Å²) in [6.07, 6.45) is -4.05. The molecule has 0 aliphatic rings. The van der Waals surface area contributed by atoms with Crippen LogP contribution in [-0.4, -0.2) is 16.9 Å². The van der Waals surface area contributed by atoms with Crippen molar-refractivity contribution in [2.24, 2.45) is 11.7 Å². The van der Waals surface area contributed by atoms with Crippen molar-refractivity contribution in [3.63, 3.8) is 0 Å². The number of carbonyl (C=O) groups excluding carboxylic acids is 1. The molecule has 0 bridgehead atoms. The minimum atomic E-state index is -4.60. The standard InChI is InChI=1S/C11H14F3N3O2/c1-5(6(2)15)9(18)17-8-3-7(11(12,13)14)4-16-10(8)19/h3-6H,15H2,1-2H3,(H,16,19)(H,17,18). The van der Waals surface area contributed by atoms with Crippen molar-refractivity contribution in [3.05, 3.63) is 28.2 Å². The predicted molar refractivity (Wildman–Crippen MR) is 63.5 cm³/mol. The van der Waals surface area contributed by atoms with Crippen LogP contribution in [0.3, 0.4) is 0 Å². The summed E-state index contributed by atoms with van der Waals surface area (Å²) < 4.78 is 37.4. The molecule has 19 heavy (non-hydrogen) atoms. The van der Waals surface area contributed by atoms with Crippen LogP contribution in [0.25, 0.3) is 0 Å². The van der Waals surface area contributed by atoms with Gasteiger partial charge in [-0.2, -0.15) is 13.2 Å². The maximum atomic E-state index is 12.5. The Morgan fingerprint density at radius 2 is 2.00 bits per heavy atom. The van der Waals surface area contributed by atoms with E-state index in [1.807, 2.05) is 4.98 Å². The molecule has 0 spiro atoms. The fourth-order valence-electron chi connectivity index (χ4n) is 1.23. The molecule has 0 radical (unpaired) electrons. The van der Waals surface area contributed by atoms with Gasteiger partial charge in [0, 0.05) is 12.2 Å². The first-order valence-corrected chi connectivity index (χ1v) is 5.49. The number of aromatic amines is 1. The van der Waals surface area contributed by atoms with E-state index in [0.29, 0.717) is 12.3 Å². The van der Waals surface area contributed by atoms with Crippen molar-refractivity contribution in [2.75, 3.05) is 5.32 Å². The van der Waals surface area contributed by atoms with Crippen molar-refractivity contribution in [1.29, 1.82) is 0 Å². The number of H-pyrrole nitrogens is 1. The molecule has 1 rings (SSSR count). The maximum absolute atomic E-state index is 12.5. The Labute approximate surface area is 107 Å². The van der Waals surface area contributed by atoms with E-state index < -0.39 is 40.9 Å². The number of carbonyl (C=O) groups is 1. The van der Waals surface area contributed by atoms with Gasteiger partial charge < -0.3 is 16.0 Å². The van der Waals surface area contributed by atoms with Crippen LogP contribution < -0.4 is 16.6 Å². The number of amides is 1. The summed E-state index contributed by atoms with van der Waals surface area (Å²) in [4.78, 5) is 24.9. The van der Waals surface area contributed by atoms with E-state index in [1.165, 1.54) is 6.92 Å². The predicted octanol–water partition coefficient (Wildman–Crippen LogP) is 1.32. The maximum Gasteiger partial charge on any atom is 0.417 e. The minimum absolute atomic E-state index is 0.452. The number of halogens is 3. The average molecular weight is 277 g/mol. The van der Waals surface area contributed by atoms with Crippen LogP contribution in [-0.2, 0) is 11.0 Å². The summed E-state index contributed by atoms with van der Waals surface area (Å²) in [5, 5.41) is 2.14. The zero-order valence-corrected chi connectivity index (χ0v) is 10.3. The first kappa shape index (κ1) is 15.2. The van der Waals surface area contributed by atoms with E-state index in [0.717, 1.165) is 0 Å². The molecule has 8 heteroatoms. The minimum Gasteiger partial charge on any atom is -0.327 e. The molecule has 4 N–H and O–H groups in total. The van der Waals surface area contributed by atoms with Crippen molar-refractivity contribution < 1.29 is 18.0 Å². The van der Waals surface area contributed by atoms with E-state index >= 15 is 0 Å². The van der Waals surface area contributed by atoms with E-state index in [-0.39, 0.29) is 0 Å². The van der Waals surface area contributed by atoms with Crippen LogP contribution in [0.5, 0.6) is 0 Å². The van der Waals surface area contributed by atoms with Crippen molar-refractivity contribution >= 4 is 11.6 Å². The zero-order chi connectivity index (χ0) is 14.8. The molecular weight excluding hydrogens is 263 g/mol. The molecular formula is C11H14F3N3O2. The quantitative estimate of drug-likeness (QED) is 0.778. The van der Waals surface area contributed by atoms with Gasteiger partial charge in [-0.3, -0.25) is 9.59 Å². The molecule has 0 aromatic carbocycles. The Balaban J connectivity index is 3.02. The zero-order valence-electron chi connectivity index (χ0n) is 10.3. The first-order valence-electron chi connectivity index (χ1n) is 5.49. The van der Waals surface area contributed by atoms with Crippen molar-refractivity contribution in [3.8, 4) is 0 Å². The number of nitrogens with two attached hydrogens (primary N) is 1. The summed E-state index contributed by atoms with van der Waals surface area (Å²) in [5.41, 5.74) is 3.20. The highest BCUT2D eigenvalue weighted by atomic mass is 19.4. The van der Waals surface area contributed by atoms with Gasteiger partial charge in [-0.1, -0.05) is 6.92 Å². The van der Waals surface area contributed by atoms with Crippen molar-refractivity contribution in [1.82, 2.24) is 4.98 Å². The van der Waals surface area contributed by atoms with Gasteiger partial charge in [0.25, 0.3) is 5.56 Å². The summed E-state index contributed by atoms with van der Waals surface area (Å²) in [5.74, 6) is -1.24. The third-order valence-electron chi connectivity index (χ3n) is 2.69. The molecule has 1 amide bonds. The number of anilines is 1. The van der Waals surface area contributed by atoms with Crippen LogP contribution in [0.15, 0.2) is 17.1 Å². The summed E-state index contributed by atoms with van der Waals surface area (Å²) in [7, 11) is 0. The largest absolute Gasteiger partial charge is 0.417 e. The number of alkyl halides is 3. The molecule has 0 saturated carbocycles. The van der Waals surface area contributed by atoms with E-state index in [2.05, 4.69) is 5.32 Å². The smallest absolute Gasteiger partial charge is 0.327 e. The molecule has 0 aliphatic carbocycles. The number of hydrogen-bond acceptors (Lipinski definition) is 3. The van der Waals surface area contributed by atoms with Gasteiger partial charge in [-0.25, -0.2) is 0 Å². The second-order valence-electron chi connectivity index (χ2n) is 4.27. The Kier molecular flexibility index (Phi) is 4.35. The van der Waals surface area contributed by atoms with Crippen LogP contribution in [0.4, 0.5) is 18.9 Å². The molecule has 0 saturated heterocycles. The first-order chi connectivity index (χ1) is 8.62. The third-order valence-corrected chi connectivity index (χ3v) is 2.69. The topological polar surface area (TPSA) is 88.0 Å². The second kappa shape index (κ2) is 5.43. The van der Waals surface area contributed by atoms with E-state index in [1.54, 1.807) is 6.92 Å². The van der Waals surface area contributed by atoms with Gasteiger partial charge in [-0.05, 0) is 13.0 Å². The van der Waals surface area contributed by atoms with Crippen LogP contribution in [0.1, 0.15) is 19.4 Å². The van der Waals surface area contributed by atoms with Crippen molar-refractivity contribution in [2.45, 2.75) is 26.1 Å². The second-order valence-corrected chi connectivity index (χ2v) is 4.27. The van der Waals surface area contributed by atoms with Crippen LogP contribution >= 0.6 is 0 Å². The Bertz CT molecular complexity index is 523. The molecule has 1 heterocycles. The fourth-order valence-corrected chi connectivity index (χ4v) is 1.23. The molecule has 2 atom stereocenters. The summed E-state index contributed by atoms with van der Waals surface area (Å²) >= 11 is 0. The summed E-state index contributed by atoms with van der Waals surface area (Å²) in [6, 6.07) is 0.106. The molecule has 1 aromatic heterocycles. The normalized spacial score (nSPS) is 14.8. The van der Waals surface area contributed by atoms with Gasteiger partial charge in [0.2, 0.25) is 5.91 Å². The molecule has 0 aliphatic heterocycles. The Hall–Kier alpha value is -1.83. The Morgan fingerprint density at radius 1 is 1.42 bits per heavy atom. The van der Waals surface area contributed by atoms with E-state index in [4.69, 9.17) is 5.73 Å². The van der Waals surface area contributed by atoms with Gasteiger partial charge in [0.15, 0.2) is 0 Å². The average Bonchev–Trinajstić information content (AvgIpc) is 2.29. The monoisotopic (exact) mass is 277 g/mol. The number of hydrogen-bond donors (Lipinski definition) is 3. The highest BCUT2D eigenvalue weighted by Crippen LogP contribution is 2.29. The lowest BCUT2D eigenvalue weighted by molar-refractivity contribution is -0.137. The number of aromatic nitrogens is 1. The fraction of sp³-hybridized carbons (Fsp3) is 0.455. The third kappa shape index (κ3) is 3.82. The molecule has 1 aromatic rings. The summed E-state index contributed by atoms with van der Waals surface area (Å²) in [6.45, 7) is 3.10. The highest BCUT2D eigenvalue weighted by Gasteiger charge is 2.31. The van der Waals surface area contributed by atoms with Crippen LogP contribution in [0, 0.1) is 5.92 Å². The lowest BCUT2D eigenvalue weighted by Gasteiger charge is -2.15. The van der Waals surface area contributed by atoms with E-state index in [9.17, 15) is 22.8 Å².